The summed E-state index contributed by atoms with van der Waals surface area (Å²) in [7, 11) is 1.48. The lowest BCUT2D eigenvalue weighted by Gasteiger charge is -2.24. The van der Waals surface area contributed by atoms with E-state index in [4.69, 9.17) is 18.5 Å². The van der Waals surface area contributed by atoms with Gasteiger partial charge in [-0.15, -0.1) is 0 Å². The van der Waals surface area contributed by atoms with Gasteiger partial charge in [0.15, 0.2) is 6.10 Å². The predicted molar refractivity (Wildman–Crippen MR) is 224 cm³/mol. The number of carbonyl (C=O) groups excluding carboxylic acids is 2. The minimum atomic E-state index is -4.37. The maximum absolute atomic E-state index is 12.7. The second-order valence-corrected chi connectivity index (χ2v) is 17.9. The van der Waals surface area contributed by atoms with E-state index < -0.39 is 26.5 Å². The molecule has 0 saturated heterocycles. The van der Waals surface area contributed by atoms with Gasteiger partial charge in [0, 0.05) is 12.8 Å². The zero-order valence-electron chi connectivity index (χ0n) is 36.0. The Hall–Kier alpha value is -1.25. The first kappa shape index (κ1) is 52.8. The molecule has 0 radical (unpaired) electrons. The highest BCUT2D eigenvalue weighted by Gasteiger charge is 2.27. The van der Waals surface area contributed by atoms with Crippen LogP contribution in [0, 0.1) is 0 Å². The lowest BCUT2D eigenvalue weighted by molar-refractivity contribution is -0.870. The van der Waals surface area contributed by atoms with E-state index in [-0.39, 0.29) is 25.6 Å². The molecule has 320 valence electrons. The highest BCUT2D eigenvalue weighted by Crippen LogP contribution is 2.43. The number of hydrogen-bond donors (Lipinski definition) is 1. The molecule has 0 aliphatic carbocycles. The summed E-state index contributed by atoms with van der Waals surface area (Å²) < 4.78 is 34.3. The number of esters is 2. The average Bonchev–Trinajstić information content (AvgIpc) is 3.12. The van der Waals surface area contributed by atoms with E-state index in [0.717, 1.165) is 51.4 Å². The van der Waals surface area contributed by atoms with E-state index in [9.17, 15) is 19.0 Å². The number of rotatable bonds is 41. The number of ether oxygens (including phenoxy) is 2. The minimum absolute atomic E-state index is 0.0332. The molecule has 0 aromatic heterocycles. The van der Waals surface area contributed by atoms with Crippen molar-refractivity contribution in [1.82, 2.24) is 0 Å². The van der Waals surface area contributed by atoms with E-state index >= 15 is 0 Å². The third-order valence-electron chi connectivity index (χ3n) is 9.80. The molecule has 10 heteroatoms. The third kappa shape index (κ3) is 40.4. The van der Waals surface area contributed by atoms with Gasteiger partial charge in [-0.2, -0.15) is 0 Å². The van der Waals surface area contributed by atoms with Crippen molar-refractivity contribution in [2.45, 2.75) is 213 Å². The Morgan fingerprint density at radius 1 is 0.556 bits per heavy atom. The van der Waals surface area contributed by atoms with Gasteiger partial charge in [0.05, 0.1) is 27.7 Å². The van der Waals surface area contributed by atoms with Crippen LogP contribution in [-0.4, -0.2) is 74.9 Å². The van der Waals surface area contributed by atoms with Gasteiger partial charge in [0.25, 0.3) is 0 Å². The van der Waals surface area contributed by atoms with E-state index in [1.165, 1.54) is 122 Å². The van der Waals surface area contributed by atoms with Crippen molar-refractivity contribution in [2.24, 2.45) is 0 Å². The number of likely N-dealkylation sites (N-methyl/N-ethyl adjacent to an activating group) is 1. The Balaban J connectivity index is 4.33. The van der Waals surface area contributed by atoms with Gasteiger partial charge in [0.1, 0.15) is 19.8 Å². The molecule has 0 bridgehead atoms. The minimum Gasteiger partial charge on any atom is -0.462 e. The fourth-order valence-corrected chi connectivity index (χ4v) is 6.99. The molecule has 0 saturated carbocycles. The summed E-state index contributed by atoms with van der Waals surface area (Å²) in [4.78, 5) is 35.3. The van der Waals surface area contributed by atoms with Crippen LogP contribution in [0.3, 0.4) is 0 Å². The molecule has 0 rings (SSSR count). The Morgan fingerprint density at radius 3 is 1.37 bits per heavy atom. The van der Waals surface area contributed by atoms with E-state index in [1.807, 2.05) is 21.1 Å². The molecule has 1 N–H and O–H groups in total. The molecule has 9 nitrogen and oxygen atoms in total. The molecule has 0 fully saturated rings. The van der Waals surface area contributed by atoms with Crippen molar-refractivity contribution < 1.29 is 42.1 Å². The highest BCUT2D eigenvalue weighted by molar-refractivity contribution is 7.47. The molecule has 1 unspecified atom stereocenters. The van der Waals surface area contributed by atoms with Gasteiger partial charge in [-0.05, 0) is 38.5 Å². The maximum Gasteiger partial charge on any atom is 0.472 e. The number of nitrogens with zero attached hydrogens (tertiary/aromatic N) is 1. The summed E-state index contributed by atoms with van der Waals surface area (Å²) in [5, 5.41) is 0. The third-order valence-corrected chi connectivity index (χ3v) is 10.8. The molecular formula is C44H87NO8P+. The number of phosphoric acid groups is 1. The summed E-state index contributed by atoms with van der Waals surface area (Å²) in [5.41, 5.74) is 0. The standard InChI is InChI=1S/C44H86NO8P/c1-6-8-10-12-14-16-18-20-22-23-25-26-28-30-32-34-36-43(46)50-40-42(41-52-54(48,49)51-39-38-45(3,4)5)53-44(47)37-35-33-31-29-27-24-21-19-17-15-13-11-9-7-2/h19,21,42H,6-18,20,22-41H2,1-5H3/p+1/b21-19-/t42-/m1/s1. The van der Waals surface area contributed by atoms with Gasteiger partial charge in [-0.3, -0.25) is 18.6 Å². The zero-order chi connectivity index (χ0) is 40.0. The number of allylic oxidation sites excluding steroid dienone is 2. The Labute approximate surface area is 333 Å². The van der Waals surface area contributed by atoms with Crippen molar-refractivity contribution in [2.75, 3.05) is 47.5 Å². The molecule has 2 atom stereocenters. The smallest absolute Gasteiger partial charge is 0.462 e. The summed E-state index contributed by atoms with van der Waals surface area (Å²) in [6.07, 6.45) is 38.2. The lowest BCUT2D eigenvalue weighted by Crippen LogP contribution is -2.37. The van der Waals surface area contributed by atoms with Crippen molar-refractivity contribution in [1.29, 1.82) is 0 Å². The van der Waals surface area contributed by atoms with Crippen LogP contribution in [0.25, 0.3) is 0 Å². The molecule has 0 aromatic carbocycles. The van der Waals surface area contributed by atoms with Gasteiger partial charge >= 0.3 is 19.8 Å². The van der Waals surface area contributed by atoms with Crippen LogP contribution in [-0.2, 0) is 32.7 Å². The van der Waals surface area contributed by atoms with Crippen LogP contribution < -0.4 is 0 Å². The molecule has 0 aliphatic heterocycles. The van der Waals surface area contributed by atoms with Crippen molar-refractivity contribution >= 4 is 19.8 Å². The SMILES string of the molecule is CCCCCCC/C=C\CCCCCCCC(=O)O[C@H](COC(=O)CCCCCCCCCCCCCCCCCC)COP(=O)(O)OCC[N+](C)(C)C. The van der Waals surface area contributed by atoms with Gasteiger partial charge in [-0.25, -0.2) is 4.57 Å². The Morgan fingerprint density at radius 2 is 0.944 bits per heavy atom. The molecule has 0 spiro atoms. The van der Waals surface area contributed by atoms with Crippen molar-refractivity contribution in [3.05, 3.63) is 12.2 Å². The van der Waals surface area contributed by atoms with Gasteiger partial charge in [0.2, 0.25) is 0 Å². The van der Waals surface area contributed by atoms with E-state index in [2.05, 4.69) is 26.0 Å². The average molecular weight is 789 g/mol. The van der Waals surface area contributed by atoms with Crippen LogP contribution in [0.5, 0.6) is 0 Å². The first-order chi connectivity index (χ1) is 26.0. The van der Waals surface area contributed by atoms with Gasteiger partial charge < -0.3 is 18.9 Å². The predicted octanol–water partition coefficient (Wildman–Crippen LogP) is 12.6. The first-order valence-electron chi connectivity index (χ1n) is 22.4. The van der Waals surface area contributed by atoms with Crippen LogP contribution in [0.4, 0.5) is 0 Å². The number of carbonyl (C=O) groups is 2. The largest absolute Gasteiger partial charge is 0.472 e. The summed E-state index contributed by atoms with van der Waals surface area (Å²) in [6, 6.07) is 0. The fourth-order valence-electron chi connectivity index (χ4n) is 6.24. The van der Waals surface area contributed by atoms with Crippen LogP contribution >= 0.6 is 7.82 Å². The van der Waals surface area contributed by atoms with E-state index in [0.29, 0.717) is 23.9 Å². The Bertz CT molecular complexity index is 938. The molecule has 0 amide bonds. The number of quaternary nitrogens is 1. The summed E-state index contributed by atoms with van der Waals surface area (Å²) >= 11 is 0. The first-order valence-corrected chi connectivity index (χ1v) is 23.9. The number of unbranched alkanes of at least 4 members (excludes halogenated alkanes) is 25. The number of phosphoric ester groups is 1. The van der Waals surface area contributed by atoms with Crippen LogP contribution in [0.2, 0.25) is 0 Å². The highest BCUT2D eigenvalue weighted by atomic mass is 31.2. The topological polar surface area (TPSA) is 108 Å². The molecular weight excluding hydrogens is 701 g/mol. The van der Waals surface area contributed by atoms with Crippen molar-refractivity contribution in [3.63, 3.8) is 0 Å². The van der Waals surface area contributed by atoms with E-state index in [1.54, 1.807) is 0 Å². The normalized spacial score (nSPS) is 13.7. The summed E-state index contributed by atoms with van der Waals surface area (Å²) in [5.74, 6) is -0.798. The van der Waals surface area contributed by atoms with Gasteiger partial charge in [-0.1, -0.05) is 167 Å². The van der Waals surface area contributed by atoms with Crippen molar-refractivity contribution in [3.8, 4) is 0 Å². The monoisotopic (exact) mass is 789 g/mol. The number of hydrogen-bond acceptors (Lipinski definition) is 7. The molecule has 0 heterocycles. The van der Waals surface area contributed by atoms with Crippen LogP contribution in [0.15, 0.2) is 12.2 Å². The summed E-state index contributed by atoms with van der Waals surface area (Å²) in [6.45, 7) is 4.43. The zero-order valence-corrected chi connectivity index (χ0v) is 36.9. The molecule has 54 heavy (non-hydrogen) atoms. The second kappa shape index (κ2) is 37.3. The van der Waals surface area contributed by atoms with Crippen LogP contribution in [0.1, 0.15) is 206 Å². The fraction of sp³-hybridized carbons (Fsp3) is 0.909. The second-order valence-electron chi connectivity index (χ2n) is 16.4. The molecule has 0 aromatic rings. The molecule has 0 aliphatic rings. The maximum atomic E-state index is 12.7. The quantitative estimate of drug-likeness (QED) is 0.0214. The Kier molecular flexibility index (Phi) is 36.5. The lowest BCUT2D eigenvalue weighted by atomic mass is 10.0.